The number of nitriles is 1. The minimum atomic E-state index is -0.478. The van der Waals surface area contributed by atoms with Crippen molar-refractivity contribution in [2.24, 2.45) is 0 Å². The van der Waals surface area contributed by atoms with Gasteiger partial charge in [0.05, 0.1) is 25.3 Å². The van der Waals surface area contributed by atoms with Crippen LogP contribution in [0.25, 0.3) is 0 Å². The van der Waals surface area contributed by atoms with Crippen molar-refractivity contribution < 1.29 is 23.8 Å². The molecule has 0 unspecified atom stereocenters. The number of nitrogens with zero attached hydrogens (tertiary/aromatic N) is 1. The monoisotopic (exact) mass is 368 g/mol. The number of rotatable bonds is 9. The third-order valence-electron chi connectivity index (χ3n) is 3.49. The first-order chi connectivity index (χ1) is 13.1. The fraction of sp³-hybridized carbons (Fsp3) is 0.250. The molecule has 0 aromatic heterocycles. The molecule has 2 rings (SSSR count). The van der Waals surface area contributed by atoms with E-state index in [1.165, 1.54) is 6.07 Å². The summed E-state index contributed by atoms with van der Waals surface area (Å²) in [7, 11) is 1.59. The van der Waals surface area contributed by atoms with E-state index in [2.05, 4.69) is 5.32 Å². The van der Waals surface area contributed by atoms with Crippen LogP contribution in [0.15, 0.2) is 48.5 Å². The zero-order valence-electron chi connectivity index (χ0n) is 14.9. The van der Waals surface area contributed by atoms with E-state index in [-0.39, 0.29) is 13.0 Å². The van der Waals surface area contributed by atoms with Crippen molar-refractivity contribution in [3.63, 3.8) is 0 Å². The summed E-state index contributed by atoms with van der Waals surface area (Å²) in [5.41, 5.74) is 0.907. The molecule has 2 aromatic carbocycles. The van der Waals surface area contributed by atoms with E-state index in [0.717, 1.165) is 5.75 Å². The van der Waals surface area contributed by atoms with Gasteiger partial charge in [0.2, 0.25) is 0 Å². The maximum atomic E-state index is 11.8. The molecule has 0 saturated heterocycles. The predicted molar refractivity (Wildman–Crippen MR) is 98.5 cm³/mol. The van der Waals surface area contributed by atoms with Crippen LogP contribution < -0.4 is 14.8 Å². The molecule has 1 amide bonds. The van der Waals surface area contributed by atoms with Crippen LogP contribution in [0.3, 0.4) is 0 Å². The van der Waals surface area contributed by atoms with Gasteiger partial charge in [0.25, 0.3) is 5.91 Å². The summed E-state index contributed by atoms with van der Waals surface area (Å²) in [5, 5.41) is 11.4. The van der Waals surface area contributed by atoms with Crippen molar-refractivity contribution in [3.05, 3.63) is 54.1 Å². The van der Waals surface area contributed by atoms with Gasteiger partial charge in [0, 0.05) is 12.1 Å². The van der Waals surface area contributed by atoms with E-state index < -0.39 is 11.9 Å². The number of hydrogen-bond donors (Lipinski definition) is 1. The number of methoxy groups -OCH3 is 1. The van der Waals surface area contributed by atoms with Crippen molar-refractivity contribution in [2.45, 2.75) is 12.8 Å². The highest BCUT2D eigenvalue weighted by Gasteiger charge is 2.08. The van der Waals surface area contributed by atoms with Gasteiger partial charge in [-0.2, -0.15) is 5.26 Å². The predicted octanol–water partition coefficient (Wildman–Crippen LogP) is 2.91. The first-order valence-electron chi connectivity index (χ1n) is 8.33. The SMILES string of the molecule is COc1ccc(OCCCC(=O)OCC(=O)Nc2cccc(C#N)c2)cc1. The Kier molecular flexibility index (Phi) is 7.67. The number of hydrogen-bond acceptors (Lipinski definition) is 6. The maximum absolute atomic E-state index is 11.8. The molecule has 0 atom stereocenters. The molecule has 140 valence electrons. The zero-order valence-corrected chi connectivity index (χ0v) is 14.9. The molecule has 0 aliphatic carbocycles. The van der Waals surface area contributed by atoms with Gasteiger partial charge in [-0.05, 0) is 48.9 Å². The topological polar surface area (TPSA) is 97.7 Å². The normalized spacial score (nSPS) is 9.78. The van der Waals surface area contributed by atoms with Gasteiger partial charge in [-0.3, -0.25) is 9.59 Å². The summed E-state index contributed by atoms with van der Waals surface area (Å²) in [5.74, 6) is 0.480. The molecule has 1 N–H and O–H groups in total. The van der Waals surface area contributed by atoms with E-state index in [1.54, 1.807) is 49.6 Å². The van der Waals surface area contributed by atoms with Crippen molar-refractivity contribution >= 4 is 17.6 Å². The number of nitrogens with one attached hydrogen (secondary N) is 1. The lowest BCUT2D eigenvalue weighted by molar-refractivity contribution is -0.147. The molecule has 0 heterocycles. The number of ether oxygens (including phenoxy) is 3. The van der Waals surface area contributed by atoms with Crippen molar-refractivity contribution in [1.82, 2.24) is 0 Å². The lowest BCUT2D eigenvalue weighted by Crippen LogP contribution is -2.21. The molecule has 27 heavy (non-hydrogen) atoms. The summed E-state index contributed by atoms with van der Waals surface area (Å²) < 4.78 is 15.5. The number of esters is 1. The zero-order chi connectivity index (χ0) is 19.5. The number of carbonyl (C=O) groups excluding carboxylic acids is 2. The minimum absolute atomic E-state index is 0.146. The first-order valence-corrected chi connectivity index (χ1v) is 8.33. The fourth-order valence-corrected chi connectivity index (χ4v) is 2.16. The minimum Gasteiger partial charge on any atom is -0.497 e. The standard InChI is InChI=1S/C20H20N2O5/c1-25-17-7-9-18(10-8-17)26-11-3-6-20(24)27-14-19(23)22-16-5-2-4-15(12-16)13-21/h2,4-5,7-10,12H,3,6,11,14H2,1H3,(H,22,23). The first kappa shape index (κ1) is 19.8. The number of anilines is 1. The van der Waals surface area contributed by atoms with E-state index >= 15 is 0 Å². The Hall–Kier alpha value is -3.53. The second-order valence-electron chi connectivity index (χ2n) is 5.53. The summed E-state index contributed by atoms with van der Waals surface area (Å²) in [6.07, 6.45) is 0.615. The van der Waals surface area contributed by atoms with Gasteiger partial charge in [0.15, 0.2) is 6.61 Å². The summed E-state index contributed by atoms with van der Waals surface area (Å²) in [6.45, 7) is -0.0243. The molecule has 0 aliphatic rings. The largest absolute Gasteiger partial charge is 0.497 e. The van der Waals surface area contributed by atoms with Crippen LogP contribution in [-0.4, -0.2) is 32.2 Å². The Balaban J connectivity index is 1.62. The molecule has 0 spiro atoms. The number of amides is 1. The molecule has 0 aliphatic heterocycles. The van der Waals surface area contributed by atoms with Crippen molar-refractivity contribution in [1.29, 1.82) is 5.26 Å². The molecule has 0 saturated carbocycles. The molecular weight excluding hydrogens is 348 g/mol. The Bertz CT molecular complexity index is 812. The van der Waals surface area contributed by atoms with Crippen molar-refractivity contribution in [3.8, 4) is 17.6 Å². The molecule has 7 heteroatoms. The summed E-state index contributed by atoms with van der Waals surface area (Å²) >= 11 is 0. The van der Waals surface area contributed by atoms with E-state index in [0.29, 0.717) is 30.0 Å². The third kappa shape index (κ3) is 7.08. The Morgan fingerprint density at radius 1 is 1.11 bits per heavy atom. The molecule has 0 bridgehead atoms. The molecular formula is C20H20N2O5. The van der Waals surface area contributed by atoms with Crippen LogP contribution in [0.4, 0.5) is 5.69 Å². The van der Waals surface area contributed by atoms with Crippen LogP contribution in [0.1, 0.15) is 18.4 Å². The van der Waals surface area contributed by atoms with Crippen LogP contribution >= 0.6 is 0 Å². The highest BCUT2D eigenvalue weighted by atomic mass is 16.5. The van der Waals surface area contributed by atoms with Gasteiger partial charge in [-0.1, -0.05) is 6.07 Å². The highest BCUT2D eigenvalue weighted by Crippen LogP contribution is 2.17. The second-order valence-corrected chi connectivity index (χ2v) is 5.53. The fourth-order valence-electron chi connectivity index (χ4n) is 2.16. The molecule has 2 aromatic rings. The summed E-state index contributed by atoms with van der Waals surface area (Å²) in [4.78, 5) is 23.5. The Labute approximate surface area is 157 Å². The van der Waals surface area contributed by atoms with Gasteiger partial charge in [-0.15, -0.1) is 0 Å². The lowest BCUT2D eigenvalue weighted by atomic mass is 10.2. The van der Waals surface area contributed by atoms with E-state index in [9.17, 15) is 9.59 Å². The van der Waals surface area contributed by atoms with Crippen LogP contribution in [-0.2, 0) is 14.3 Å². The quantitative estimate of drug-likeness (QED) is 0.540. The smallest absolute Gasteiger partial charge is 0.306 e. The van der Waals surface area contributed by atoms with Gasteiger partial charge in [0.1, 0.15) is 11.5 Å². The average molecular weight is 368 g/mol. The molecule has 0 radical (unpaired) electrons. The Morgan fingerprint density at radius 3 is 2.56 bits per heavy atom. The van der Waals surface area contributed by atoms with Gasteiger partial charge in [-0.25, -0.2) is 0 Å². The number of carbonyl (C=O) groups is 2. The Morgan fingerprint density at radius 2 is 1.85 bits per heavy atom. The second kappa shape index (κ2) is 10.5. The van der Waals surface area contributed by atoms with Crippen LogP contribution in [0.5, 0.6) is 11.5 Å². The van der Waals surface area contributed by atoms with Gasteiger partial charge >= 0.3 is 5.97 Å². The van der Waals surface area contributed by atoms with E-state index in [4.69, 9.17) is 19.5 Å². The van der Waals surface area contributed by atoms with Crippen LogP contribution in [0, 0.1) is 11.3 Å². The van der Waals surface area contributed by atoms with Crippen molar-refractivity contribution in [2.75, 3.05) is 25.6 Å². The number of benzene rings is 2. The van der Waals surface area contributed by atoms with Crippen LogP contribution in [0.2, 0.25) is 0 Å². The highest BCUT2D eigenvalue weighted by molar-refractivity contribution is 5.92. The molecule has 7 nitrogen and oxygen atoms in total. The summed E-state index contributed by atoms with van der Waals surface area (Å²) in [6, 6.07) is 15.6. The van der Waals surface area contributed by atoms with E-state index in [1.807, 2.05) is 6.07 Å². The third-order valence-corrected chi connectivity index (χ3v) is 3.49. The lowest BCUT2D eigenvalue weighted by Gasteiger charge is -2.08. The van der Waals surface area contributed by atoms with Gasteiger partial charge < -0.3 is 19.5 Å². The maximum Gasteiger partial charge on any atom is 0.306 e. The average Bonchev–Trinajstić information content (AvgIpc) is 2.70. The molecule has 0 fully saturated rings.